The number of ether oxygens (including phenoxy) is 2. The van der Waals surface area contributed by atoms with Crippen molar-refractivity contribution in [2.45, 2.75) is 37.6 Å². The molecule has 1 aliphatic carbocycles. The van der Waals surface area contributed by atoms with Crippen LogP contribution in [0.25, 0.3) is 0 Å². The SMILES string of the molecule is COc1ccccc1C1(N2CCOCC2)CCCCC1. The zero-order chi connectivity index (χ0) is 13.8. The Labute approximate surface area is 121 Å². The maximum absolute atomic E-state index is 5.66. The van der Waals surface area contributed by atoms with Crippen molar-refractivity contribution in [3.05, 3.63) is 29.8 Å². The van der Waals surface area contributed by atoms with E-state index >= 15 is 0 Å². The molecule has 0 N–H and O–H groups in total. The van der Waals surface area contributed by atoms with Crippen molar-refractivity contribution in [2.24, 2.45) is 0 Å². The van der Waals surface area contributed by atoms with E-state index in [2.05, 4.69) is 29.2 Å². The Balaban J connectivity index is 1.99. The van der Waals surface area contributed by atoms with E-state index in [1.165, 1.54) is 37.7 Å². The quantitative estimate of drug-likeness (QED) is 0.845. The molecule has 0 bridgehead atoms. The van der Waals surface area contributed by atoms with E-state index in [4.69, 9.17) is 9.47 Å². The van der Waals surface area contributed by atoms with E-state index in [0.29, 0.717) is 0 Å². The molecule has 3 rings (SSSR count). The molecule has 1 saturated heterocycles. The first-order valence-corrected chi connectivity index (χ1v) is 7.83. The molecule has 2 fully saturated rings. The van der Waals surface area contributed by atoms with Crippen LogP contribution in [0.1, 0.15) is 37.7 Å². The monoisotopic (exact) mass is 275 g/mol. The Morgan fingerprint density at radius 1 is 1.05 bits per heavy atom. The van der Waals surface area contributed by atoms with Gasteiger partial charge in [0.2, 0.25) is 0 Å². The van der Waals surface area contributed by atoms with Gasteiger partial charge in [0.1, 0.15) is 5.75 Å². The summed E-state index contributed by atoms with van der Waals surface area (Å²) in [4.78, 5) is 2.65. The fraction of sp³-hybridized carbons (Fsp3) is 0.647. The second-order valence-electron chi connectivity index (χ2n) is 5.89. The van der Waals surface area contributed by atoms with Crippen LogP contribution in [0.2, 0.25) is 0 Å². The fourth-order valence-electron chi connectivity index (χ4n) is 3.91. The Kier molecular flexibility index (Phi) is 4.27. The van der Waals surface area contributed by atoms with Gasteiger partial charge in [0, 0.05) is 24.2 Å². The first kappa shape index (κ1) is 13.9. The maximum Gasteiger partial charge on any atom is 0.123 e. The van der Waals surface area contributed by atoms with Crippen molar-refractivity contribution in [1.82, 2.24) is 4.90 Å². The molecule has 0 unspecified atom stereocenters. The highest BCUT2D eigenvalue weighted by Crippen LogP contribution is 2.45. The summed E-state index contributed by atoms with van der Waals surface area (Å²) in [5.41, 5.74) is 1.54. The predicted molar refractivity (Wildman–Crippen MR) is 80.1 cm³/mol. The number of para-hydroxylation sites is 1. The van der Waals surface area contributed by atoms with Gasteiger partial charge in [-0.25, -0.2) is 0 Å². The van der Waals surface area contributed by atoms with Gasteiger partial charge in [0.25, 0.3) is 0 Å². The van der Waals surface area contributed by atoms with Gasteiger partial charge in [-0.1, -0.05) is 37.5 Å². The summed E-state index contributed by atoms with van der Waals surface area (Å²) in [5, 5.41) is 0. The molecule has 1 saturated carbocycles. The minimum atomic E-state index is 0.161. The predicted octanol–water partition coefficient (Wildman–Crippen LogP) is 3.19. The average Bonchev–Trinajstić information content (AvgIpc) is 2.56. The van der Waals surface area contributed by atoms with Gasteiger partial charge in [-0.3, -0.25) is 4.90 Å². The molecular weight excluding hydrogens is 250 g/mol. The molecule has 3 heteroatoms. The number of rotatable bonds is 3. The lowest BCUT2D eigenvalue weighted by atomic mass is 9.74. The van der Waals surface area contributed by atoms with Crippen LogP contribution in [0.15, 0.2) is 24.3 Å². The molecule has 0 radical (unpaired) electrons. The van der Waals surface area contributed by atoms with Crippen LogP contribution in [0.4, 0.5) is 0 Å². The lowest BCUT2D eigenvalue weighted by Gasteiger charge is -2.48. The summed E-state index contributed by atoms with van der Waals surface area (Å²) in [6.45, 7) is 3.80. The number of hydrogen-bond acceptors (Lipinski definition) is 3. The minimum Gasteiger partial charge on any atom is -0.496 e. The third-order valence-electron chi connectivity index (χ3n) is 4.91. The van der Waals surface area contributed by atoms with Gasteiger partial charge in [-0.2, -0.15) is 0 Å². The second kappa shape index (κ2) is 6.15. The largest absolute Gasteiger partial charge is 0.496 e. The van der Waals surface area contributed by atoms with Crippen molar-refractivity contribution in [1.29, 1.82) is 0 Å². The van der Waals surface area contributed by atoms with Gasteiger partial charge in [0.15, 0.2) is 0 Å². The molecule has 1 aromatic carbocycles. The fourth-order valence-corrected chi connectivity index (χ4v) is 3.91. The number of benzene rings is 1. The van der Waals surface area contributed by atoms with Crippen molar-refractivity contribution >= 4 is 0 Å². The summed E-state index contributed by atoms with van der Waals surface area (Å²) in [5.74, 6) is 1.04. The molecule has 0 spiro atoms. The number of hydrogen-bond donors (Lipinski definition) is 0. The van der Waals surface area contributed by atoms with Crippen LogP contribution < -0.4 is 4.74 Å². The van der Waals surface area contributed by atoms with Crippen molar-refractivity contribution < 1.29 is 9.47 Å². The number of nitrogens with zero attached hydrogens (tertiary/aromatic N) is 1. The van der Waals surface area contributed by atoms with Gasteiger partial charge in [-0.05, 0) is 18.9 Å². The lowest BCUT2D eigenvalue weighted by Crippen LogP contribution is -2.52. The highest BCUT2D eigenvalue weighted by atomic mass is 16.5. The topological polar surface area (TPSA) is 21.7 Å². The Hall–Kier alpha value is -1.06. The maximum atomic E-state index is 5.66. The summed E-state index contributed by atoms with van der Waals surface area (Å²) in [6.07, 6.45) is 6.48. The van der Waals surface area contributed by atoms with E-state index in [1.807, 2.05) is 0 Å². The second-order valence-corrected chi connectivity index (χ2v) is 5.89. The van der Waals surface area contributed by atoms with Gasteiger partial charge in [0.05, 0.1) is 20.3 Å². The van der Waals surface area contributed by atoms with E-state index < -0.39 is 0 Å². The zero-order valence-corrected chi connectivity index (χ0v) is 12.4. The standard InChI is InChI=1S/C17H25NO2/c1-19-16-8-4-3-7-15(16)17(9-5-2-6-10-17)18-11-13-20-14-12-18/h3-4,7-8H,2,5-6,9-14H2,1H3. The molecule has 1 aliphatic heterocycles. The van der Waals surface area contributed by atoms with Crippen LogP contribution in [-0.4, -0.2) is 38.3 Å². The van der Waals surface area contributed by atoms with Crippen LogP contribution >= 0.6 is 0 Å². The molecule has 0 amide bonds. The minimum absolute atomic E-state index is 0.161. The molecular formula is C17H25NO2. The zero-order valence-electron chi connectivity index (χ0n) is 12.4. The van der Waals surface area contributed by atoms with Gasteiger partial charge >= 0.3 is 0 Å². The summed E-state index contributed by atoms with van der Waals surface area (Å²) in [6, 6.07) is 8.58. The molecule has 1 aromatic rings. The molecule has 20 heavy (non-hydrogen) atoms. The molecule has 3 nitrogen and oxygen atoms in total. The first-order valence-electron chi connectivity index (χ1n) is 7.83. The Morgan fingerprint density at radius 3 is 2.45 bits per heavy atom. The highest BCUT2D eigenvalue weighted by molar-refractivity contribution is 5.39. The van der Waals surface area contributed by atoms with Crippen LogP contribution in [0.3, 0.4) is 0 Å². The van der Waals surface area contributed by atoms with Crippen LogP contribution in [0.5, 0.6) is 5.75 Å². The third-order valence-corrected chi connectivity index (χ3v) is 4.91. The lowest BCUT2D eigenvalue weighted by molar-refractivity contribution is -0.0412. The summed E-state index contributed by atoms with van der Waals surface area (Å²) in [7, 11) is 1.79. The number of morpholine rings is 1. The molecule has 2 aliphatic rings. The Morgan fingerprint density at radius 2 is 1.75 bits per heavy atom. The average molecular weight is 275 g/mol. The van der Waals surface area contributed by atoms with Crippen LogP contribution in [-0.2, 0) is 10.3 Å². The smallest absolute Gasteiger partial charge is 0.123 e. The Bertz CT molecular complexity index is 434. The van der Waals surface area contributed by atoms with E-state index in [1.54, 1.807) is 7.11 Å². The molecule has 0 atom stereocenters. The highest BCUT2D eigenvalue weighted by Gasteiger charge is 2.41. The summed E-state index contributed by atoms with van der Waals surface area (Å²) >= 11 is 0. The molecule has 110 valence electrons. The van der Waals surface area contributed by atoms with Gasteiger partial charge < -0.3 is 9.47 Å². The van der Waals surface area contributed by atoms with Crippen molar-refractivity contribution in [3.8, 4) is 5.75 Å². The normalized spacial score (nSPS) is 23.4. The van der Waals surface area contributed by atoms with Crippen molar-refractivity contribution in [2.75, 3.05) is 33.4 Å². The van der Waals surface area contributed by atoms with E-state index in [0.717, 1.165) is 32.1 Å². The molecule has 0 aromatic heterocycles. The van der Waals surface area contributed by atoms with Crippen molar-refractivity contribution in [3.63, 3.8) is 0 Å². The molecule has 1 heterocycles. The van der Waals surface area contributed by atoms with Gasteiger partial charge in [-0.15, -0.1) is 0 Å². The summed E-state index contributed by atoms with van der Waals surface area (Å²) < 4.78 is 11.2. The number of methoxy groups -OCH3 is 1. The van der Waals surface area contributed by atoms with E-state index in [-0.39, 0.29) is 5.54 Å². The third kappa shape index (κ3) is 2.45. The van der Waals surface area contributed by atoms with E-state index in [9.17, 15) is 0 Å². The first-order chi connectivity index (χ1) is 9.87. The van der Waals surface area contributed by atoms with Crippen LogP contribution in [0, 0.1) is 0 Å².